The molecule has 19 heavy (non-hydrogen) atoms. The molecule has 0 aliphatic rings. The number of rotatable bonds is 7. The summed E-state index contributed by atoms with van der Waals surface area (Å²) in [6.07, 6.45) is 2.45. The molecule has 1 heterocycles. The van der Waals surface area contributed by atoms with Crippen LogP contribution in [0.2, 0.25) is 0 Å². The van der Waals surface area contributed by atoms with E-state index in [0.717, 1.165) is 18.8 Å². The third-order valence-electron chi connectivity index (χ3n) is 2.65. The monoisotopic (exact) mass is 258 g/mol. The molecule has 2 rings (SSSR count). The van der Waals surface area contributed by atoms with Gasteiger partial charge < -0.3 is 15.7 Å². The third-order valence-corrected chi connectivity index (χ3v) is 2.65. The van der Waals surface area contributed by atoms with Crippen molar-refractivity contribution in [2.45, 2.75) is 6.42 Å². The van der Waals surface area contributed by atoms with Crippen molar-refractivity contribution in [1.29, 1.82) is 0 Å². The van der Waals surface area contributed by atoms with Crippen molar-refractivity contribution in [3.63, 3.8) is 0 Å². The van der Waals surface area contributed by atoms with E-state index >= 15 is 0 Å². The molecule has 0 saturated carbocycles. The standard InChI is InChI=1S/C14H18N4O/c19-9-8-16-14-10-13(17-11-18-14)15-7-6-12-4-2-1-3-5-12/h1-5,10-11,19H,6-9H2,(H2,15,16,17,18). The van der Waals surface area contributed by atoms with Crippen molar-refractivity contribution in [2.24, 2.45) is 0 Å². The summed E-state index contributed by atoms with van der Waals surface area (Å²) in [4.78, 5) is 8.22. The summed E-state index contributed by atoms with van der Waals surface area (Å²) >= 11 is 0. The lowest BCUT2D eigenvalue weighted by molar-refractivity contribution is 0.311. The zero-order valence-electron chi connectivity index (χ0n) is 10.7. The van der Waals surface area contributed by atoms with Crippen LogP contribution in [-0.2, 0) is 6.42 Å². The second-order valence-electron chi connectivity index (χ2n) is 4.10. The molecule has 0 fully saturated rings. The van der Waals surface area contributed by atoms with E-state index in [0.29, 0.717) is 12.4 Å². The molecule has 0 unspecified atom stereocenters. The van der Waals surface area contributed by atoms with E-state index in [2.05, 4.69) is 32.7 Å². The number of hydrogen-bond acceptors (Lipinski definition) is 5. The topological polar surface area (TPSA) is 70.1 Å². The van der Waals surface area contributed by atoms with Crippen LogP contribution in [0.5, 0.6) is 0 Å². The number of nitrogens with one attached hydrogen (secondary N) is 2. The van der Waals surface area contributed by atoms with Crippen molar-refractivity contribution in [3.05, 3.63) is 48.3 Å². The second kappa shape index (κ2) is 7.33. The maximum absolute atomic E-state index is 8.74. The van der Waals surface area contributed by atoms with Crippen LogP contribution in [0.25, 0.3) is 0 Å². The van der Waals surface area contributed by atoms with Crippen molar-refractivity contribution in [2.75, 3.05) is 30.3 Å². The van der Waals surface area contributed by atoms with Crippen LogP contribution < -0.4 is 10.6 Å². The van der Waals surface area contributed by atoms with E-state index in [1.54, 1.807) is 0 Å². The fourth-order valence-corrected chi connectivity index (χ4v) is 1.71. The van der Waals surface area contributed by atoms with Gasteiger partial charge in [0.05, 0.1) is 6.61 Å². The molecule has 5 nitrogen and oxygen atoms in total. The molecule has 0 amide bonds. The Hall–Kier alpha value is -2.14. The minimum atomic E-state index is 0.0841. The molecule has 0 bridgehead atoms. The summed E-state index contributed by atoms with van der Waals surface area (Å²) in [5.74, 6) is 1.50. The van der Waals surface area contributed by atoms with Crippen LogP contribution in [0.3, 0.4) is 0 Å². The predicted molar refractivity (Wildman–Crippen MR) is 76.2 cm³/mol. The number of aromatic nitrogens is 2. The zero-order chi connectivity index (χ0) is 13.3. The van der Waals surface area contributed by atoms with Crippen LogP contribution in [0.15, 0.2) is 42.7 Å². The number of hydrogen-bond donors (Lipinski definition) is 3. The van der Waals surface area contributed by atoms with Crippen LogP contribution in [0.4, 0.5) is 11.6 Å². The Morgan fingerprint density at radius 2 is 1.63 bits per heavy atom. The summed E-state index contributed by atoms with van der Waals surface area (Å²) in [5.41, 5.74) is 1.29. The first-order valence-corrected chi connectivity index (χ1v) is 6.33. The lowest BCUT2D eigenvalue weighted by Crippen LogP contribution is -2.10. The van der Waals surface area contributed by atoms with E-state index in [-0.39, 0.29) is 6.61 Å². The van der Waals surface area contributed by atoms with E-state index in [1.807, 2.05) is 24.3 Å². The van der Waals surface area contributed by atoms with Gasteiger partial charge in [-0.05, 0) is 12.0 Å². The smallest absolute Gasteiger partial charge is 0.131 e. The van der Waals surface area contributed by atoms with Crippen LogP contribution >= 0.6 is 0 Å². The number of nitrogens with zero attached hydrogens (tertiary/aromatic N) is 2. The van der Waals surface area contributed by atoms with Gasteiger partial charge in [-0.2, -0.15) is 0 Å². The molecule has 5 heteroatoms. The maximum Gasteiger partial charge on any atom is 0.131 e. The van der Waals surface area contributed by atoms with Gasteiger partial charge in [0.2, 0.25) is 0 Å². The van der Waals surface area contributed by atoms with E-state index in [4.69, 9.17) is 5.11 Å². The molecule has 0 spiro atoms. The van der Waals surface area contributed by atoms with Crippen molar-refractivity contribution in [1.82, 2.24) is 9.97 Å². The molecule has 1 aromatic heterocycles. The summed E-state index contributed by atoms with van der Waals surface area (Å²) in [6.45, 7) is 1.39. The highest BCUT2D eigenvalue weighted by molar-refractivity contribution is 5.46. The molecule has 0 aliphatic carbocycles. The van der Waals surface area contributed by atoms with E-state index in [1.165, 1.54) is 11.9 Å². The summed E-state index contributed by atoms with van der Waals surface area (Å²) in [6, 6.07) is 12.1. The lowest BCUT2D eigenvalue weighted by Gasteiger charge is -2.07. The molecule has 2 aromatic rings. The quantitative estimate of drug-likeness (QED) is 0.702. The first-order chi connectivity index (χ1) is 9.38. The second-order valence-corrected chi connectivity index (χ2v) is 4.10. The van der Waals surface area contributed by atoms with Crippen LogP contribution in [-0.4, -0.2) is 34.8 Å². The zero-order valence-corrected chi connectivity index (χ0v) is 10.7. The average molecular weight is 258 g/mol. The van der Waals surface area contributed by atoms with Crippen molar-refractivity contribution in [3.8, 4) is 0 Å². The predicted octanol–water partition coefficient (Wildman–Crippen LogP) is 1.54. The van der Waals surface area contributed by atoms with E-state index < -0.39 is 0 Å². The first-order valence-electron chi connectivity index (χ1n) is 6.33. The Bertz CT molecular complexity index is 490. The molecule has 1 aromatic carbocycles. The molecule has 3 N–H and O–H groups in total. The third kappa shape index (κ3) is 4.56. The molecular formula is C14H18N4O. The molecular weight excluding hydrogens is 240 g/mol. The van der Waals surface area contributed by atoms with Gasteiger partial charge in [-0.25, -0.2) is 9.97 Å². The number of benzene rings is 1. The van der Waals surface area contributed by atoms with Gasteiger partial charge >= 0.3 is 0 Å². The van der Waals surface area contributed by atoms with Gasteiger partial charge in [0.25, 0.3) is 0 Å². The largest absolute Gasteiger partial charge is 0.395 e. The normalized spacial score (nSPS) is 10.2. The first kappa shape index (κ1) is 13.3. The van der Waals surface area contributed by atoms with Gasteiger partial charge in [0.15, 0.2) is 0 Å². The van der Waals surface area contributed by atoms with Gasteiger partial charge in [-0.15, -0.1) is 0 Å². The van der Waals surface area contributed by atoms with Crippen molar-refractivity contribution >= 4 is 11.6 Å². The van der Waals surface area contributed by atoms with Crippen molar-refractivity contribution < 1.29 is 5.11 Å². The Balaban J connectivity index is 1.82. The summed E-state index contributed by atoms with van der Waals surface area (Å²) in [7, 11) is 0. The Morgan fingerprint density at radius 1 is 0.947 bits per heavy atom. The van der Waals surface area contributed by atoms with Crippen LogP contribution in [0, 0.1) is 0 Å². The fourth-order valence-electron chi connectivity index (χ4n) is 1.71. The highest BCUT2D eigenvalue weighted by atomic mass is 16.3. The summed E-state index contributed by atoms with van der Waals surface area (Å²) in [5, 5.41) is 15.0. The van der Waals surface area contributed by atoms with E-state index in [9.17, 15) is 0 Å². The number of aliphatic hydroxyl groups is 1. The van der Waals surface area contributed by atoms with Gasteiger partial charge in [0.1, 0.15) is 18.0 Å². The molecule has 0 aliphatic heterocycles. The Kier molecular flexibility index (Phi) is 5.13. The number of anilines is 2. The summed E-state index contributed by atoms with van der Waals surface area (Å²) < 4.78 is 0. The molecule has 0 atom stereocenters. The maximum atomic E-state index is 8.74. The fraction of sp³-hybridized carbons (Fsp3) is 0.286. The highest BCUT2D eigenvalue weighted by Crippen LogP contribution is 2.08. The molecule has 0 radical (unpaired) electrons. The van der Waals surface area contributed by atoms with Crippen LogP contribution in [0.1, 0.15) is 5.56 Å². The molecule has 0 saturated heterocycles. The highest BCUT2D eigenvalue weighted by Gasteiger charge is 1.98. The Labute approximate surface area is 112 Å². The average Bonchev–Trinajstić information content (AvgIpc) is 2.47. The number of aliphatic hydroxyl groups excluding tert-OH is 1. The van der Waals surface area contributed by atoms with Gasteiger partial charge in [-0.3, -0.25) is 0 Å². The lowest BCUT2D eigenvalue weighted by atomic mass is 10.1. The molecule has 100 valence electrons. The van der Waals surface area contributed by atoms with Gasteiger partial charge in [-0.1, -0.05) is 30.3 Å². The minimum Gasteiger partial charge on any atom is -0.395 e. The Morgan fingerprint density at radius 3 is 2.32 bits per heavy atom. The van der Waals surface area contributed by atoms with Gasteiger partial charge in [0, 0.05) is 19.2 Å². The SMILES string of the molecule is OCCNc1cc(NCCc2ccccc2)ncn1. The minimum absolute atomic E-state index is 0.0841.